The van der Waals surface area contributed by atoms with Gasteiger partial charge >= 0.3 is 5.97 Å². The second-order valence-corrected chi connectivity index (χ2v) is 12.5. The number of aromatic nitrogens is 1. The molecule has 3 unspecified atom stereocenters. The Morgan fingerprint density at radius 3 is 3.09 bits per heavy atom. The number of esters is 1. The molecule has 0 amide bonds. The van der Waals surface area contributed by atoms with E-state index in [9.17, 15) is 4.79 Å². The van der Waals surface area contributed by atoms with E-state index in [0.29, 0.717) is 12.0 Å². The van der Waals surface area contributed by atoms with E-state index >= 15 is 0 Å². The van der Waals surface area contributed by atoms with Gasteiger partial charge in [-0.1, -0.05) is 18.3 Å². The largest absolute Gasteiger partial charge is 0.468 e. The van der Waals surface area contributed by atoms with Gasteiger partial charge in [0.15, 0.2) is 0 Å². The third-order valence-corrected chi connectivity index (χ3v) is 9.62. The number of carbonyl (C=O) groups excluding carboxylic acids is 1. The molecule has 118 valence electrons. The van der Waals surface area contributed by atoms with Crippen molar-refractivity contribution in [3.8, 4) is 0 Å². The van der Waals surface area contributed by atoms with Crippen molar-refractivity contribution in [2.75, 3.05) is 13.7 Å². The predicted octanol–water partition coefficient (Wildman–Crippen LogP) is 2.08. The number of carbonyl (C=O) groups is 1. The van der Waals surface area contributed by atoms with E-state index in [1.807, 2.05) is 6.20 Å². The van der Waals surface area contributed by atoms with Crippen LogP contribution in [0.3, 0.4) is 0 Å². The number of hydrogen-bond acceptors (Lipinski definition) is 4. The molecule has 1 aromatic heterocycles. The first-order valence-corrected chi connectivity index (χ1v) is 11.5. The minimum absolute atomic E-state index is 0.0238. The lowest BCUT2D eigenvalue weighted by molar-refractivity contribution is -0.152. The second kappa shape index (κ2) is 4.65. The van der Waals surface area contributed by atoms with Gasteiger partial charge in [0.05, 0.1) is 15.2 Å². The predicted molar refractivity (Wildman–Crippen MR) is 87.7 cm³/mol. The van der Waals surface area contributed by atoms with Gasteiger partial charge in [-0.2, -0.15) is 0 Å². The van der Waals surface area contributed by atoms with Gasteiger partial charge in [-0.05, 0) is 49.4 Å². The summed E-state index contributed by atoms with van der Waals surface area (Å²) in [5, 5.41) is 1.54. The summed E-state index contributed by atoms with van der Waals surface area (Å²) < 4.78 is 5.20. The first kappa shape index (κ1) is 14.4. The van der Waals surface area contributed by atoms with Crippen LogP contribution in [0.5, 0.6) is 0 Å². The summed E-state index contributed by atoms with van der Waals surface area (Å²) in [4.78, 5) is 19.4. The normalized spacial score (nSPS) is 35.6. The smallest absolute Gasteiger partial charge is 0.326 e. The molecule has 0 radical (unpaired) electrons. The number of methoxy groups -OCH3 is 1. The first-order chi connectivity index (χ1) is 10.5. The van der Waals surface area contributed by atoms with Gasteiger partial charge in [0, 0.05) is 18.4 Å². The SMILES string of the molecule is COC(=O)C12CCCN1C1c3cnccc3[Si](C)(C)CC1C2. The van der Waals surface area contributed by atoms with Crippen molar-refractivity contribution in [1.82, 2.24) is 9.88 Å². The van der Waals surface area contributed by atoms with Crippen molar-refractivity contribution >= 4 is 19.2 Å². The molecule has 0 aliphatic carbocycles. The minimum atomic E-state index is -1.44. The minimum Gasteiger partial charge on any atom is -0.468 e. The van der Waals surface area contributed by atoms with Crippen LogP contribution in [-0.2, 0) is 9.53 Å². The zero-order valence-corrected chi connectivity index (χ0v) is 14.6. The van der Waals surface area contributed by atoms with Gasteiger partial charge in [0.2, 0.25) is 0 Å². The van der Waals surface area contributed by atoms with Crippen LogP contribution in [0.2, 0.25) is 19.1 Å². The highest BCUT2D eigenvalue weighted by Crippen LogP contribution is 2.56. The molecule has 22 heavy (non-hydrogen) atoms. The van der Waals surface area contributed by atoms with E-state index in [1.165, 1.54) is 23.9 Å². The van der Waals surface area contributed by atoms with Crippen molar-refractivity contribution in [3.05, 3.63) is 24.0 Å². The molecule has 2 saturated heterocycles. The van der Waals surface area contributed by atoms with E-state index in [0.717, 1.165) is 25.8 Å². The van der Waals surface area contributed by atoms with Gasteiger partial charge in [0.25, 0.3) is 0 Å². The summed E-state index contributed by atoms with van der Waals surface area (Å²) in [6.45, 7) is 5.92. The molecule has 4 rings (SSSR count). The maximum atomic E-state index is 12.6. The second-order valence-electron chi connectivity index (χ2n) is 7.78. The summed E-state index contributed by atoms with van der Waals surface area (Å²) >= 11 is 0. The number of nitrogens with zero attached hydrogens (tertiary/aromatic N) is 2. The lowest BCUT2D eigenvalue weighted by atomic mass is 9.88. The van der Waals surface area contributed by atoms with Crippen molar-refractivity contribution in [1.29, 1.82) is 0 Å². The van der Waals surface area contributed by atoms with E-state index in [-0.39, 0.29) is 11.5 Å². The van der Waals surface area contributed by atoms with E-state index < -0.39 is 8.07 Å². The molecule has 0 saturated carbocycles. The molecule has 0 N–H and O–H groups in total. The Bertz CT molecular complexity index is 633. The van der Waals surface area contributed by atoms with Crippen molar-refractivity contribution < 1.29 is 9.53 Å². The van der Waals surface area contributed by atoms with Crippen LogP contribution in [0.25, 0.3) is 0 Å². The van der Waals surface area contributed by atoms with Crippen molar-refractivity contribution in [3.63, 3.8) is 0 Å². The molecule has 2 fully saturated rings. The molecule has 3 aliphatic rings. The van der Waals surface area contributed by atoms with Crippen LogP contribution in [0, 0.1) is 5.92 Å². The van der Waals surface area contributed by atoms with Crippen LogP contribution in [0.4, 0.5) is 0 Å². The van der Waals surface area contributed by atoms with Gasteiger partial charge in [-0.3, -0.25) is 14.7 Å². The Morgan fingerprint density at radius 2 is 2.32 bits per heavy atom. The molecule has 0 spiro atoms. The van der Waals surface area contributed by atoms with Crippen LogP contribution in [0.1, 0.15) is 30.9 Å². The van der Waals surface area contributed by atoms with Gasteiger partial charge in [0.1, 0.15) is 5.54 Å². The topological polar surface area (TPSA) is 42.4 Å². The Kier molecular flexibility index (Phi) is 3.04. The zero-order valence-electron chi connectivity index (χ0n) is 13.6. The lowest BCUT2D eigenvalue weighted by Gasteiger charge is -2.40. The average molecular weight is 316 g/mol. The fraction of sp³-hybridized carbons (Fsp3) is 0.647. The number of hydrogen-bond donors (Lipinski definition) is 0. The number of pyridine rings is 1. The molecular formula is C17H24N2O2Si. The third-order valence-electron chi connectivity index (χ3n) is 6.16. The van der Waals surface area contributed by atoms with Crippen LogP contribution < -0.4 is 5.19 Å². The molecule has 0 aromatic carbocycles. The van der Waals surface area contributed by atoms with Crippen LogP contribution in [-0.4, -0.2) is 43.1 Å². The summed E-state index contributed by atoms with van der Waals surface area (Å²) in [7, 11) is 0.0900. The number of rotatable bonds is 1. The molecule has 0 bridgehead atoms. The summed E-state index contributed by atoms with van der Waals surface area (Å²) in [5.74, 6) is 0.557. The van der Waals surface area contributed by atoms with Crippen molar-refractivity contribution in [2.45, 2.75) is 50.0 Å². The Morgan fingerprint density at radius 1 is 1.50 bits per heavy atom. The average Bonchev–Trinajstić information content (AvgIpc) is 3.02. The third kappa shape index (κ3) is 1.72. The van der Waals surface area contributed by atoms with E-state index in [1.54, 1.807) is 0 Å². The van der Waals surface area contributed by atoms with Gasteiger partial charge < -0.3 is 4.74 Å². The van der Waals surface area contributed by atoms with Crippen LogP contribution >= 0.6 is 0 Å². The summed E-state index contributed by atoms with van der Waals surface area (Å²) in [5.41, 5.74) is 1.02. The van der Waals surface area contributed by atoms with Crippen LogP contribution in [0.15, 0.2) is 18.5 Å². The molecule has 1 aromatic rings. The standard InChI is InChI=1S/C17H24N2O2Si/c1-21-16(20)17-6-4-8-19(17)15-12(9-17)11-22(2,3)14-5-7-18-10-13(14)15/h5,7,10,12,15H,4,6,8-9,11H2,1-3H3. The molecule has 3 atom stereocenters. The Hall–Kier alpha value is -1.20. The Labute approximate surface area is 132 Å². The highest BCUT2D eigenvalue weighted by Gasteiger charge is 2.61. The summed E-state index contributed by atoms with van der Waals surface area (Å²) in [6, 6.07) is 3.86. The van der Waals surface area contributed by atoms with Gasteiger partial charge in [-0.25, -0.2) is 0 Å². The molecule has 5 heteroatoms. The first-order valence-electron chi connectivity index (χ1n) is 8.29. The highest BCUT2D eigenvalue weighted by molar-refractivity contribution is 6.90. The highest BCUT2D eigenvalue weighted by atomic mass is 28.3. The van der Waals surface area contributed by atoms with E-state index in [4.69, 9.17) is 4.74 Å². The number of ether oxygens (including phenoxy) is 1. The summed E-state index contributed by atoms with van der Waals surface area (Å²) in [6.07, 6.45) is 7.00. The van der Waals surface area contributed by atoms with Crippen molar-refractivity contribution in [2.24, 2.45) is 5.92 Å². The monoisotopic (exact) mass is 316 g/mol. The Balaban J connectivity index is 1.84. The number of fused-ring (bicyclic) bond motifs is 5. The lowest BCUT2D eigenvalue weighted by Crippen LogP contribution is -2.52. The fourth-order valence-electron chi connectivity index (χ4n) is 5.45. The molecular weight excluding hydrogens is 292 g/mol. The maximum Gasteiger partial charge on any atom is 0.326 e. The molecule has 3 aliphatic heterocycles. The maximum absolute atomic E-state index is 12.6. The quantitative estimate of drug-likeness (QED) is 0.588. The molecule has 4 heterocycles. The zero-order chi connectivity index (χ0) is 15.5. The van der Waals surface area contributed by atoms with Gasteiger partial charge in [-0.15, -0.1) is 0 Å². The molecule has 4 nitrogen and oxygen atoms in total. The fourth-order valence-corrected chi connectivity index (χ4v) is 8.86. The van der Waals surface area contributed by atoms with E-state index in [2.05, 4.69) is 35.2 Å².